The van der Waals surface area contributed by atoms with Crippen molar-refractivity contribution in [2.45, 2.75) is 12.2 Å². The summed E-state index contributed by atoms with van der Waals surface area (Å²) in [5.41, 5.74) is 7.11. The highest BCUT2D eigenvalue weighted by Crippen LogP contribution is 2.08. The van der Waals surface area contributed by atoms with Crippen LogP contribution < -0.4 is 11.3 Å². The minimum atomic E-state index is -0.0375. The summed E-state index contributed by atoms with van der Waals surface area (Å²) < 4.78 is 0. The Morgan fingerprint density at radius 3 is 2.83 bits per heavy atom. The molecule has 0 unspecified atom stereocenters. The molecule has 0 aliphatic carbocycles. The van der Waals surface area contributed by atoms with E-state index in [9.17, 15) is 4.79 Å². The molecular formula is C7H13N3OS. The van der Waals surface area contributed by atoms with Crippen molar-refractivity contribution in [3.8, 4) is 0 Å². The Morgan fingerprint density at radius 2 is 2.25 bits per heavy atom. The molecule has 0 saturated carbocycles. The number of hydrogen-bond donors (Lipinski definition) is 3. The second-order valence-electron chi connectivity index (χ2n) is 2.51. The minimum Gasteiger partial charge on any atom is -0.330 e. The van der Waals surface area contributed by atoms with E-state index < -0.39 is 0 Å². The summed E-state index contributed by atoms with van der Waals surface area (Å²) in [7, 11) is 0. The summed E-state index contributed by atoms with van der Waals surface area (Å²) in [6.45, 7) is 0.516. The molecule has 0 aromatic carbocycles. The van der Waals surface area contributed by atoms with Crippen molar-refractivity contribution >= 4 is 11.8 Å². The van der Waals surface area contributed by atoms with Crippen LogP contribution in [0.15, 0.2) is 4.79 Å². The molecule has 0 atom stereocenters. The zero-order chi connectivity index (χ0) is 8.97. The van der Waals surface area contributed by atoms with Gasteiger partial charge in [-0.05, 0) is 19.2 Å². The number of thioether (sulfide) groups is 1. The lowest BCUT2D eigenvalue weighted by Crippen LogP contribution is -2.12. The average Bonchev–Trinajstić information content (AvgIpc) is 2.37. The molecule has 0 aliphatic heterocycles. The van der Waals surface area contributed by atoms with Crippen LogP contribution in [0, 0.1) is 0 Å². The third-order valence-corrected chi connectivity index (χ3v) is 2.23. The summed E-state index contributed by atoms with van der Waals surface area (Å²) in [5, 5.41) is 5.40. The Balaban J connectivity index is 2.87. The summed E-state index contributed by atoms with van der Waals surface area (Å²) in [4.78, 5) is 11.2. The number of aromatic nitrogens is 2. The smallest absolute Gasteiger partial charge is 0.267 e. The van der Waals surface area contributed by atoms with Crippen LogP contribution >= 0.6 is 11.8 Å². The number of nitrogens with two attached hydrogens (primary N) is 1. The maximum Gasteiger partial charge on any atom is 0.267 e. The molecule has 5 heteroatoms. The van der Waals surface area contributed by atoms with Crippen LogP contribution in [0.3, 0.4) is 0 Å². The van der Waals surface area contributed by atoms with Crippen LogP contribution in [0.25, 0.3) is 0 Å². The Kier molecular flexibility index (Phi) is 3.43. The molecule has 68 valence electrons. The summed E-state index contributed by atoms with van der Waals surface area (Å²) in [6, 6.07) is 0. The average molecular weight is 187 g/mol. The second kappa shape index (κ2) is 4.37. The lowest BCUT2D eigenvalue weighted by molar-refractivity contribution is 0.948. The molecule has 0 spiro atoms. The molecule has 0 amide bonds. The number of hydrogen-bond acceptors (Lipinski definition) is 3. The van der Waals surface area contributed by atoms with Gasteiger partial charge in [0.2, 0.25) is 0 Å². The molecular weight excluding hydrogens is 174 g/mol. The molecule has 4 N–H and O–H groups in total. The normalized spacial score (nSPS) is 10.5. The Hall–Kier alpha value is -0.680. The van der Waals surface area contributed by atoms with E-state index in [-0.39, 0.29) is 5.56 Å². The van der Waals surface area contributed by atoms with Crippen LogP contribution in [0.5, 0.6) is 0 Å². The largest absolute Gasteiger partial charge is 0.330 e. The number of aromatic amines is 2. The predicted molar refractivity (Wildman–Crippen MR) is 51.4 cm³/mol. The first-order valence-corrected chi connectivity index (χ1v) is 5.16. The summed E-state index contributed by atoms with van der Waals surface area (Å²) in [6.07, 6.45) is 2.65. The van der Waals surface area contributed by atoms with Crippen LogP contribution in [0.2, 0.25) is 0 Å². The Bertz CT molecular complexity index is 291. The molecule has 0 fully saturated rings. The monoisotopic (exact) mass is 187 g/mol. The quantitative estimate of drug-likeness (QED) is 0.624. The van der Waals surface area contributed by atoms with Gasteiger partial charge in [0.15, 0.2) is 0 Å². The third-order valence-electron chi connectivity index (χ3n) is 1.65. The lowest BCUT2D eigenvalue weighted by Gasteiger charge is -1.96. The summed E-state index contributed by atoms with van der Waals surface area (Å²) >= 11 is 1.68. The minimum absolute atomic E-state index is 0.0375. The highest BCUT2D eigenvalue weighted by molar-refractivity contribution is 7.97. The molecule has 12 heavy (non-hydrogen) atoms. The fraction of sp³-hybridized carbons (Fsp3) is 0.571. The standard InChI is InChI=1S/C7H13N3OS/c1-12-4-6-5(2-3-8)7(11)10-9-6/h2-4,8H2,1H3,(H2,9,10,11). The fourth-order valence-electron chi connectivity index (χ4n) is 1.10. The van der Waals surface area contributed by atoms with Crippen molar-refractivity contribution in [1.82, 2.24) is 10.2 Å². The topological polar surface area (TPSA) is 74.7 Å². The van der Waals surface area contributed by atoms with Gasteiger partial charge in [-0.25, -0.2) is 0 Å². The lowest BCUT2D eigenvalue weighted by atomic mass is 10.2. The van der Waals surface area contributed by atoms with Gasteiger partial charge in [-0.3, -0.25) is 9.89 Å². The second-order valence-corrected chi connectivity index (χ2v) is 3.37. The molecule has 1 heterocycles. The van der Waals surface area contributed by atoms with E-state index in [4.69, 9.17) is 5.73 Å². The fourth-order valence-corrected chi connectivity index (χ4v) is 1.63. The van der Waals surface area contributed by atoms with Gasteiger partial charge in [-0.2, -0.15) is 11.8 Å². The highest BCUT2D eigenvalue weighted by Gasteiger charge is 2.07. The zero-order valence-electron chi connectivity index (χ0n) is 7.02. The van der Waals surface area contributed by atoms with Crippen molar-refractivity contribution in [2.24, 2.45) is 5.73 Å². The highest BCUT2D eigenvalue weighted by atomic mass is 32.2. The van der Waals surface area contributed by atoms with E-state index in [1.54, 1.807) is 11.8 Å². The first kappa shape index (κ1) is 9.41. The van der Waals surface area contributed by atoms with Crippen LogP contribution in [0.4, 0.5) is 0 Å². The van der Waals surface area contributed by atoms with E-state index in [1.807, 2.05) is 6.26 Å². The van der Waals surface area contributed by atoms with E-state index in [0.717, 1.165) is 17.0 Å². The van der Waals surface area contributed by atoms with Gasteiger partial charge < -0.3 is 10.8 Å². The van der Waals surface area contributed by atoms with Crippen LogP contribution in [-0.2, 0) is 12.2 Å². The molecule has 0 aliphatic rings. The zero-order valence-corrected chi connectivity index (χ0v) is 7.83. The number of nitrogens with one attached hydrogen (secondary N) is 2. The van der Waals surface area contributed by atoms with Crippen molar-refractivity contribution in [3.05, 3.63) is 21.6 Å². The summed E-state index contributed by atoms with van der Waals surface area (Å²) in [5.74, 6) is 0.827. The van der Waals surface area contributed by atoms with E-state index in [0.29, 0.717) is 13.0 Å². The van der Waals surface area contributed by atoms with Gasteiger partial charge in [0, 0.05) is 11.3 Å². The maximum absolute atomic E-state index is 11.2. The Morgan fingerprint density at radius 1 is 1.50 bits per heavy atom. The van der Waals surface area contributed by atoms with Gasteiger partial charge in [0.1, 0.15) is 0 Å². The van der Waals surface area contributed by atoms with E-state index in [2.05, 4.69) is 10.2 Å². The number of H-pyrrole nitrogens is 2. The number of rotatable bonds is 4. The van der Waals surface area contributed by atoms with E-state index in [1.165, 1.54) is 0 Å². The van der Waals surface area contributed by atoms with Crippen molar-refractivity contribution in [2.75, 3.05) is 12.8 Å². The molecule has 1 aromatic heterocycles. The van der Waals surface area contributed by atoms with Crippen molar-refractivity contribution < 1.29 is 0 Å². The molecule has 0 radical (unpaired) electrons. The van der Waals surface area contributed by atoms with Gasteiger partial charge in [-0.15, -0.1) is 0 Å². The first-order valence-electron chi connectivity index (χ1n) is 3.77. The van der Waals surface area contributed by atoms with Crippen LogP contribution in [-0.4, -0.2) is 23.0 Å². The molecule has 1 rings (SSSR count). The molecule has 1 aromatic rings. The van der Waals surface area contributed by atoms with Crippen LogP contribution in [0.1, 0.15) is 11.3 Å². The predicted octanol–water partition coefficient (Wildman–Crippen LogP) is 0.0672. The molecule has 0 bridgehead atoms. The molecule has 4 nitrogen and oxygen atoms in total. The SMILES string of the molecule is CSCc1[nH][nH]c(=O)c1CCN. The Labute approximate surface area is 74.9 Å². The maximum atomic E-state index is 11.2. The van der Waals surface area contributed by atoms with Gasteiger partial charge >= 0.3 is 0 Å². The van der Waals surface area contributed by atoms with Gasteiger partial charge in [0.05, 0.1) is 5.69 Å². The first-order chi connectivity index (χ1) is 5.79. The van der Waals surface area contributed by atoms with Crippen molar-refractivity contribution in [3.63, 3.8) is 0 Å². The van der Waals surface area contributed by atoms with Crippen molar-refractivity contribution in [1.29, 1.82) is 0 Å². The third kappa shape index (κ3) is 1.92. The van der Waals surface area contributed by atoms with Gasteiger partial charge in [-0.1, -0.05) is 0 Å². The van der Waals surface area contributed by atoms with Gasteiger partial charge in [0.25, 0.3) is 5.56 Å². The van der Waals surface area contributed by atoms with E-state index >= 15 is 0 Å². The molecule has 0 saturated heterocycles.